The van der Waals surface area contributed by atoms with Gasteiger partial charge in [-0.05, 0) is 30.5 Å². The standard InChI is InChI=1S/C12H13BrN2/c1-2-15-11-6-3-8-7-9(13)4-5-10(8)12(11)14/h3-7,15H,2,14H2,1H3. The van der Waals surface area contributed by atoms with Crippen molar-refractivity contribution in [1.82, 2.24) is 0 Å². The molecule has 15 heavy (non-hydrogen) atoms. The first kappa shape index (κ1) is 10.3. The third-order valence-electron chi connectivity index (χ3n) is 2.39. The molecule has 0 amide bonds. The molecule has 0 aromatic heterocycles. The molecule has 0 saturated heterocycles. The van der Waals surface area contributed by atoms with Gasteiger partial charge in [0, 0.05) is 16.4 Å². The number of fused-ring (bicyclic) bond motifs is 1. The Labute approximate surface area is 97.6 Å². The summed E-state index contributed by atoms with van der Waals surface area (Å²) < 4.78 is 1.07. The second-order valence-corrected chi connectivity index (χ2v) is 4.34. The highest BCUT2D eigenvalue weighted by Crippen LogP contribution is 2.30. The highest BCUT2D eigenvalue weighted by Gasteiger charge is 2.03. The molecule has 0 spiro atoms. The Morgan fingerprint density at radius 3 is 2.80 bits per heavy atom. The van der Waals surface area contributed by atoms with Crippen LogP contribution in [-0.4, -0.2) is 6.54 Å². The van der Waals surface area contributed by atoms with E-state index in [1.165, 1.54) is 0 Å². The summed E-state index contributed by atoms with van der Waals surface area (Å²) in [6.07, 6.45) is 0. The number of benzene rings is 2. The maximum Gasteiger partial charge on any atom is 0.0629 e. The van der Waals surface area contributed by atoms with Crippen molar-refractivity contribution in [3.05, 3.63) is 34.8 Å². The van der Waals surface area contributed by atoms with Crippen molar-refractivity contribution in [3.8, 4) is 0 Å². The number of anilines is 2. The number of rotatable bonds is 2. The van der Waals surface area contributed by atoms with Crippen LogP contribution in [0.3, 0.4) is 0 Å². The van der Waals surface area contributed by atoms with E-state index in [-0.39, 0.29) is 0 Å². The summed E-state index contributed by atoms with van der Waals surface area (Å²) in [7, 11) is 0. The van der Waals surface area contributed by atoms with Gasteiger partial charge in [0.25, 0.3) is 0 Å². The molecule has 0 aliphatic carbocycles. The van der Waals surface area contributed by atoms with E-state index in [4.69, 9.17) is 5.73 Å². The number of hydrogen-bond donors (Lipinski definition) is 2. The van der Waals surface area contributed by atoms with Gasteiger partial charge in [0.2, 0.25) is 0 Å². The fourth-order valence-corrected chi connectivity index (χ4v) is 2.05. The van der Waals surface area contributed by atoms with Crippen LogP contribution in [0.4, 0.5) is 11.4 Å². The molecule has 3 N–H and O–H groups in total. The first-order valence-corrected chi connectivity index (χ1v) is 5.73. The van der Waals surface area contributed by atoms with Gasteiger partial charge < -0.3 is 11.1 Å². The first-order chi connectivity index (χ1) is 7.22. The van der Waals surface area contributed by atoms with E-state index < -0.39 is 0 Å². The smallest absolute Gasteiger partial charge is 0.0629 e. The third-order valence-corrected chi connectivity index (χ3v) is 2.88. The Morgan fingerprint density at radius 2 is 2.07 bits per heavy atom. The minimum Gasteiger partial charge on any atom is -0.397 e. The van der Waals surface area contributed by atoms with Crippen molar-refractivity contribution in [2.45, 2.75) is 6.92 Å². The summed E-state index contributed by atoms with van der Waals surface area (Å²) in [5, 5.41) is 5.50. The van der Waals surface area contributed by atoms with Crippen molar-refractivity contribution in [2.24, 2.45) is 0 Å². The Bertz CT molecular complexity index is 494. The monoisotopic (exact) mass is 264 g/mol. The van der Waals surface area contributed by atoms with E-state index in [0.29, 0.717) is 0 Å². The molecule has 0 heterocycles. The predicted octanol–water partition coefficient (Wildman–Crippen LogP) is 3.62. The fourth-order valence-electron chi connectivity index (χ4n) is 1.67. The lowest BCUT2D eigenvalue weighted by molar-refractivity contribution is 1.22. The van der Waals surface area contributed by atoms with Crippen LogP contribution >= 0.6 is 15.9 Å². The van der Waals surface area contributed by atoms with E-state index in [1.54, 1.807) is 0 Å². The van der Waals surface area contributed by atoms with E-state index in [1.807, 2.05) is 18.2 Å². The Hall–Kier alpha value is -1.22. The van der Waals surface area contributed by atoms with Gasteiger partial charge in [-0.3, -0.25) is 0 Å². The summed E-state index contributed by atoms with van der Waals surface area (Å²) in [6, 6.07) is 10.2. The minimum absolute atomic E-state index is 0.821. The van der Waals surface area contributed by atoms with Gasteiger partial charge in [0.05, 0.1) is 11.4 Å². The largest absolute Gasteiger partial charge is 0.397 e. The quantitative estimate of drug-likeness (QED) is 0.814. The van der Waals surface area contributed by atoms with Crippen LogP contribution in [0, 0.1) is 0 Å². The maximum absolute atomic E-state index is 6.08. The van der Waals surface area contributed by atoms with Crippen molar-refractivity contribution < 1.29 is 0 Å². The zero-order valence-corrected chi connectivity index (χ0v) is 10.1. The Balaban J connectivity index is 2.63. The van der Waals surface area contributed by atoms with E-state index >= 15 is 0 Å². The number of hydrogen-bond acceptors (Lipinski definition) is 2. The lowest BCUT2D eigenvalue weighted by Crippen LogP contribution is -2.01. The van der Waals surface area contributed by atoms with Gasteiger partial charge in [-0.2, -0.15) is 0 Å². The number of nitrogens with two attached hydrogens (primary N) is 1. The van der Waals surface area contributed by atoms with Crippen LogP contribution < -0.4 is 11.1 Å². The molecule has 78 valence electrons. The molecule has 2 aromatic carbocycles. The van der Waals surface area contributed by atoms with Crippen molar-refractivity contribution in [3.63, 3.8) is 0 Å². The molecule has 3 heteroatoms. The van der Waals surface area contributed by atoms with Crippen LogP contribution in [0.15, 0.2) is 34.8 Å². The lowest BCUT2D eigenvalue weighted by Gasteiger charge is -2.10. The normalized spacial score (nSPS) is 10.5. The zero-order chi connectivity index (χ0) is 10.8. The van der Waals surface area contributed by atoms with Crippen molar-refractivity contribution in [1.29, 1.82) is 0 Å². The van der Waals surface area contributed by atoms with Crippen molar-refractivity contribution >= 4 is 38.1 Å². The molecule has 0 unspecified atom stereocenters. The molecule has 2 rings (SSSR count). The molecular formula is C12H13BrN2. The number of nitrogen functional groups attached to an aromatic ring is 1. The van der Waals surface area contributed by atoms with Crippen LogP contribution in [0.1, 0.15) is 6.92 Å². The highest BCUT2D eigenvalue weighted by molar-refractivity contribution is 9.10. The number of halogens is 1. The van der Waals surface area contributed by atoms with Crippen LogP contribution in [0.25, 0.3) is 10.8 Å². The van der Waals surface area contributed by atoms with Gasteiger partial charge in [-0.1, -0.05) is 28.1 Å². The van der Waals surface area contributed by atoms with Gasteiger partial charge in [-0.15, -0.1) is 0 Å². The molecule has 0 fully saturated rings. The van der Waals surface area contributed by atoms with Gasteiger partial charge >= 0.3 is 0 Å². The average molecular weight is 265 g/mol. The SMILES string of the molecule is CCNc1ccc2cc(Br)ccc2c1N. The highest BCUT2D eigenvalue weighted by atomic mass is 79.9. The van der Waals surface area contributed by atoms with Crippen molar-refractivity contribution in [2.75, 3.05) is 17.6 Å². The van der Waals surface area contributed by atoms with E-state index in [9.17, 15) is 0 Å². The summed E-state index contributed by atoms with van der Waals surface area (Å²) in [4.78, 5) is 0. The Morgan fingerprint density at radius 1 is 1.27 bits per heavy atom. The molecule has 0 saturated carbocycles. The fraction of sp³-hybridized carbons (Fsp3) is 0.167. The second-order valence-electron chi connectivity index (χ2n) is 3.42. The second kappa shape index (κ2) is 4.11. The van der Waals surface area contributed by atoms with Gasteiger partial charge in [0.1, 0.15) is 0 Å². The molecule has 2 aromatic rings. The Kier molecular flexibility index (Phi) is 2.82. The first-order valence-electron chi connectivity index (χ1n) is 4.94. The summed E-state index contributed by atoms with van der Waals surface area (Å²) in [5.74, 6) is 0. The summed E-state index contributed by atoms with van der Waals surface area (Å²) >= 11 is 3.45. The molecule has 0 radical (unpaired) electrons. The van der Waals surface area contributed by atoms with Crippen LogP contribution in [-0.2, 0) is 0 Å². The van der Waals surface area contributed by atoms with E-state index in [0.717, 1.165) is 33.2 Å². The topological polar surface area (TPSA) is 38.0 Å². The lowest BCUT2D eigenvalue weighted by atomic mass is 10.1. The van der Waals surface area contributed by atoms with Gasteiger partial charge in [-0.25, -0.2) is 0 Å². The maximum atomic E-state index is 6.08. The van der Waals surface area contributed by atoms with Gasteiger partial charge in [0.15, 0.2) is 0 Å². The summed E-state index contributed by atoms with van der Waals surface area (Å²) in [5.41, 5.74) is 7.91. The third kappa shape index (κ3) is 1.92. The molecular weight excluding hydrogens is 252 g/mol. The van der Waals surface area contributed by atoms with Crippen LogP contribution in [0.5, 0.6) is 0 Å². The molecule has 0 atom stereocenters. The molecule has 2 nitrogen and oxygen atoms in total. The molecule has 0 aliphatic rings. The van der Waals surface area contributed by atoms with Crippen LogP contribution in [0.2, 0.25) is 0 Å². The average Bonchev–Trinajstić information content (AvgIpc) is 2.22. The molecule has 0 aliphatic heterocycles. The van der Waals surface area contributed by atoms with E-state index in [2.05, 4.69) is 40.3 Å². The minimum atomic E-state index is 0.821. The molecule has 0 bridgehead atoms. The number of nitrogens with one attached hydrogen (secondary N) is 1. The summed E-state index contributed by atoms with van der Waals surface area (Å²) in [6.45, 7) is 2.94. The predicted molar refractivity (Wildman–Crippen MR) is 70.2 cm³/mol. The zero-order valence-electron chi connectivity index (χ0n) is 8.55.